The first-order valence-electron chi connectivity index (χ1n) is 5.44. The summed E-state index contributed by atoms with van der Waals surface area (Å²) in [6, 6.07) is 0.184. The van der Waals surface area contributed by atoms with Crippen molar-refractivity contribution in [1.29, 1.82) is 0 Å². The van der Waals surface area contributed by atoms with Crippen molar-refractivity contribution in [3.05, 3.63) is 34.1 Å². The second-order valence-electron chi connectivity index (χ2n) is 4.94. The highest BCUT2D eigenvalue weighted by molar-refractivity contribution is 6.30. The SMILES string of the molecule is CC(C)(CO)[C@H](N)c1c(C(F)(F)F)ccc(Cl)c1F.Cl. The maximum atomic E-state index is 13.9. The Kier molecular flexibility index (Phi) is 6.29. The van der Waals surface area contributed by atoms with Crippen LogP contribution in [0.4, 0.5) is 17.6 Å². The summed E-state index contributed by atoms with van der Waals surface area (Å²) in [7, 11) is 0. The van der Waals surface area contributed by atoms with Gasteiger partial charge in [-0.25, -0.2) is 4.39 Å². The molecule has 8 heteroatoms. The monoisotopic (exact) mass is 335 g/mol. The maximum Gasteiger partial charge on any atom is 0.416 e. The quantitative estimate of drug-likeness (QED) is 0.822. The van der Waals surface area contributed by atoms with Gasteiger partial charge in [0.05, 0.1) is 10.6 Å². The first-order valence-corrected chi connectivity index (χ1v) is 5.81. The van der Waals surface area contributed by atoms with Crippen LogP contribution in [0.15, 0.2) is 12.1 Å². The lowest BCUT2D eigenvalue weighted by atomic mass is 9.80. The highest BCUT2D eigenvalue weighted by atomic mass is 35.5. The molecule has 1 aromatic carbocycles. The summed E-state index contributed by atoms with van der Waals surface area (Å²) < 4.78 is 52.6. The van der Waals surface area contributed by atoms with Gasteiger partial charge in [0.15, 0.2) is 0 Å². The van der Waals surface area contributed by atoms with Gasteiger partial charge in [0, 0.05) is 23.6 Å². The Balaban J connectivity index is 0.00000361. The fourth-order valence-electron chi connectivity index (χ4n) is 1.61. The van der Waals surface area contributed by atoms with Crippen molar-refractivity contribution < 1.29 is 22.7 Å². The number of hydrogen-bond acceptors (Lipinski definition) is 2. The summed E-state index contributed by atoms with van der Waals surface area (Å²) >= 11 is 5.51. The van der Waals surface area contributed by atoms with E-state index in [0.717, 1.165) is 6.07 Å². The summed E-state index contributed by atoms with van der Waals surface area (Å²) in [5.74, 6) is -1.20. The van der Waals surface area contributed by atoms with Crippen LogP contribution in [0.1, 0.15) is 31.0 Å². The van der Waals surface area contributed by atoms with Crippen LogP contribution in [0.25, 0.3) is 0 Å². The van der Waals surface area contributed by atoms with Gasteiger partial charge in [-0.2, -0.15) is 13.2 Å². The van der Waals surface area contributed by atoms with E-state index in [1.54, 1.807) is 0 Å². The minimum atomic E-state index is -4.75. The number of hydrogen-bond donors (Lipinski definition) is 2. The fraction of sp³-hybridized carbons (Fsp3) is 0.500. The molecule has 0 heterocycles. The van der Waals surface area contributed by atoms with Crippen LogP contribution in [0.3, 0.4) is 0 Å². The first kappa shape index (κ1) is 19.4. The highest BCUT2D eigenvalue weighted by Gasteiger charge is 2.40. The molecule has 3 N–H and O–H groups in total. The Morgan fingerprint density at radius 1 is 1.30 bits per heavy atom. The summed E-state index contributed by atoms with van der Waals surface area (Å²) in [5.41, 5.74) is 2.67. The summed E-state index contributed by atoms with van der Waals surface area (Å²) in [5, 5.41) is 8.73. The van der Waals surface area contributed by atoms with E-state index in [9.17, 15) is 17.6 Å². The molecular weight excluding hydrogens is 321 g/mol. The van der Waals surface area contributed by atoms with Crippen LogP contribution in [-0.4, -0.2) is 11.7 Å². The van der Waals surface area contributed by atoms with Gasteiger partial charge in [0.1, 0.15) is 5.82 Å². The Bertz CT molecular complexity index is 477. The largest absolute Gasteiger partial charge is 0.416 e. The molecule has 0 aromatic heterocycles. The molecule has 20 heavy (non-hydrogen) atoms. The van der Waals surface area contributed by atoms with Crippen molar-refractivity contribution in [2.24, 2.45) is 11.1 Å². The number of aliphatic hydroxyl groups is 1. The topological polar surface area (TPSA) is 46.2 Å². The Labute approximate surface area is 125 Å². The van der Waals surface area contributed by atoms with E-state index in [1.165, 1.54) is 13.8 Å². The molecule has 0 unspecified atom stereocenters. The Morgan fingerprint density at radius 3 is 2.20 bits per heavy atom. The zero-order valence-electron chi connectivity index (χ0n) is 10.8. The van der Waals surface area contributed by atoms with E-state index in [4.69, 9.17) is 22.4 Å². The van der Waals surface area contributed by atoms with Crippen molar-refractivity contribution in [1.82, 2.24) is 0 Å². The molecule has 1 aromatic rings. The molecule has 0 bridgehead atoms. The molecule has 1 atom stereocenters. The van der Waals surface area contributed by atoms with E-state index in [0.29, 0.717) is 6.07 Å². The van der Waals surface area contributed by atoms with Gasteiger partial charge in [0.2, 0.25) is 0 Å². The zero-order chi connectivity index (χ0) is 15.0. The lowest BCUT2D eigenvalue weighted by Crippen LogP contribution is -2.34. The standard InChI is InChI=1S/C12H14ClF4NO.ClH/c1-11(2,5-19)10(18)8-6(12(15,16)17)3-4-7(13)9(8)14;/h3-4,10,19H,5,18H2,1-2H3;1H/t10-;/m1./s1. The van der Waals surface area contributed by atoms with E-state index in [-0.39, 0.29) is 12.4 Å². The lowest BCUT2D eigenvalue weighted by molar-refractivity contribution is -0.139. The molecule has 116 valence electrons. The van der Waals surface area contributed by atoms with Gasteiger partial charge in [-0.15, -0.1) is 12.4 Å². The van der Waals surface area contributed by atoms with Crippen LogP contribution < -0.4 is 5.73 Å². The van der Waals surface area contributed by atoms with Crippen LogP contribution >= 0.6 is 24.0 Å². The number of nitrogens with two attached hydrogens (primary N) is 1. The van der Waals surface area contributed by atoms with Gasteiger partial charge in [0.25, 0.3) is 0 Å². The summed E-state index contributed by atoms with van der Waals surface area (Å²) in [6.45, 7) is 2.40. The zero-order valence-corrected chi connectivity index (χ0v) is 12.3. The summed E-state index contributed by atoms with van der Waals surface area (Å²) in [4.78, 5) is 0. The van der Waals surface area contributed by atoms with E-state index in [1.807, 2.05) is 0 Å². The van der Waals surface area contributed by atoms with Gasteiger partial charge >= 0.3 is 6.18 Å². The smallest absolute Gasteiger partial charge is 0.396 e. The second kappa shape index (κ2) is 6.47. The number of aliphatic hydroxyl groups excluding tert-OH is 1. The molecule has 0 saturated heterocycles. The number of rotatable bonds is 3. The molecule has 0 aliphatic carbocycles. The molecule has 2 nitrogen and oxygen atoms in total. The minimum absolute atomic E-state index is 0. The number of benzene rings is 1. The van der Waals surface area contributed by atoms with Crippen LogP contribution in [0.2, 0.25) is 5.02 Å². The normalized spacial score (nSPS) is 13.8. The van der Waals surface area contributed by atoms with Gasteiger partial charge < -0.3 is 10.8 Å². The average Bonchev–Trinajstić information content (AvgIpc) is 2.30. The van der Waals surface area contributed by atoms with Crippen molar-refractivity contribution in [3.8, 4) is 0 Å². The molecule has 0 spiro atoms. The lowest BCUT2D eigenvalue weighted by Gasteiger charge is -2.31. The van der Waals surface area contributed by atoms with Crippen LogP contribution in [0.5, 0.6) is 0 Å². The van der Waals surface area contributed by atoms with E-state index in [2.05, 4.69) is 0 Å². The molecule has 0 radical (unpaired) electrons. The molecule has 0 aliphatic rings. The Hall–Kier alpha value is -0.560. The molecule has 1 rings (SSSR count). The number of halogens is 6. The van der Waals surface area contributed by atoms with Gasteiger partial charge in [-0.05, 0) is 12.1 Å². The van der Waals surface area contributed by atoms with Gasteiger partial charge in [-0.1, -0.05) is 25.4 Å². The summed E-state index contributed by atoms with van der Waals surface area (Å²) in [6.07, 6.45) is -4.75. The van der Waals surface area contributed by atoms with Crippen molar-refractivity contribution in [2.75, 3.05) is 6.61 Å². The highest BCUT2D eigenvalue weighted by Crippen LogP contribution is 2.42. The van der Waals surface area contributed by atoms with Crippen molar-refractivity contribution >= 4 is 24.0 Å². The minimum Gasteiger partial charge on any atom is -0.396 e. The predicted octanol–water partition coefficient (Wildman–Crippen LogP) is 3.94. The van der Waals surface area contributed by atoms with Crippen molar-refractivity contribution in [3.63, 3.8) is 0 Å². The van der Waals surface area contributed by atoms with Crippen LogP contribution in [0, 0.1) is 11.2 Å². The first-order chi connectivity index (χ1) is 8.52. The fourth-order valence-corrected chi connectivity index (χ4v) is 1.77. The third-order valence-corrected chi connectivity index (χ3v) is 3.29. The Morgan fingerprint density at radius 2 is 1.80 bits per heavy atom. The third kappa shape index (κ3) is 3.75. The van der Waals surface area contributed by atoms with Crippen molar-refractivity contribution in [2.45, 2.75) is 26.1 Å². The second-order valence-corrected chi connectivity index (χ2v) is 5.35. The van der Waals surface area contributed by atoms with E-state index >= 15 is 0 Å². The van der Waals surface area contributed by atoms with Crippen LogP contribution in [-0.2, 0) is 6.18 Å². The molecule has 0 aliphatic heterocycles. The predicted molar refractivity (Wildman–Crippen MR) is 71.5 cm³/mol. The molecule has 0 amide bonds. The molecule has 0 fully saturated rings. The number of alkyl halides is 3. The molecule has 0 saturated carbocycles. The average molecular weight is 336 g/mol. The van der Waals surface area contributed by atoms with E-state index < -0.39 is 46.2 Å². The third-order valence-electron chi connectivity index (χ3n) is 3.00. The molecular formula is C12H15Cl2F4NO. The van der Waals surface area contributed by atoms with Gasteiger partial charge in [-0.3, -0.25) is 0 Å². The maximum absolute atomic E-state index is 13.9.